The van der Waals surface area contributed by atoms with E-state index in [0.717, 1.165) is 36.0 Å². The van der Waals surface area contributed by atoms with E-state index in [1.54, 1.807) is 0 Å². The van der Waals surface area contributed by atoms with Crippen molar-refractivity contribution < 1.29 is 0 Å². The van der Waals surface area contributed by atoms with Crippen molar-refractivity contribution in [3.8, 4) is 0 Å². The molecular weight excluding hydrogens is 390 g/mol. The van der Waals surface area contributed by atoms with Crippen molar-refractivity contribution in [1.29, 1.82) is 0 Å². The Balaban J connectivity index is 1.15. The summed E-state index contributed by atoms with van der Waals surface area (Å²) in [5.74, 6) is 1.94. The topological polar surface area (TPSA) is 36.1 Å². The summed E-state index contributed by atoms with van der Waals surface area (Å²) >= 11 is 0. The number of nitrogens with one attached hydrogen (secondary N) is 3. The van der Waals surface area contributed by atoms with E-state index in [2.05, 4.69) is 29.8 Å². The summed E-state index contributed by atoms with van der Waals surface area (Å²) in [7, 11) is 0. The van der Waals surface area contributed by atoms with Crippen molar-refractivity contribution in [1.82, 2.24) is 16.0 Å². The van der Waals surface area contributed by atoms with Gasteiger partial charge in [-0.05, 0) is 126 Å². The van der Waals surface area contributed by atoms with Gasteiger partial charge in [0.15, 0.2) is 0 Å². The minimum Gasteiger partial charge on any atom is -0.314 e. The molecule has 6 aliphatic rings. The van der Waals surface area contributed by atoms with Crippen LogP contribution in [0.5, 0.6) is 0 Å². The molecule has 32 heavy (non-hydrogen) atoms. The molecule has 3 aliphatic heterocycles. The van der Waals surface area contributed by atoms with Gasteiger partial charge in [-0.25, -0.2) is 0 Å². The first-order chi connectivity index (χ1) is 15.5. The minimum absolute atomic E-state index is 0.650. The normalized spacial score (nSPS) is 47.8. The van der Waals surface area contributed by atoms with Crippen LogP contribution in [0.2, 0.25) is 0 Å². The van der Waals surface area contributed by atoms with Gasteiger partial charge in [-0.3, -0.25) is 0 Å². The average Bonchev–Trinajstić information content (AvgIpc) is 3.31. The highest BCUT2D eigenvalue weighted by Crippen LogP contribution is 2.68. The Morgan fingerprint density at radius 3 is 2.25 bits per heavy atom. The molecule has 3 heteroatoms. The zero-order valence-corrected chi connectivity index (χ0v) is 21.2. The van der Waals surface area contributed by atoms with Crippen LogP contribution in [0.3, 0.4) is 0 Å². The number of hydrogen-bond donors (Lipinski definition) is 3. The Hall–Kier alpha value is -0.120. The fraction of sp³-hybridized carbons (Fsp3) is 1.00. The predicted octanol–water partition coefficient (Wildman–Crippen LogP) is 5.78. The highest BCUT2D eigenvalue weighted by Gasteiger charge is 2.64. The Morgan fingerprint density at radius 2 is 1.47 bits per heavy atom. The van der Waals surface area contributed by atoms with E-state index >= 15 is 0 Å². The zero-order chi connectivity index (χ0) is 21.8. The summed E-state index contributed by atoms with van der Waals surface area (Å²) in [6.45, 7) is 7.53. The largest absolute Gasteiger partial charge is 0.314 e. The fourth-order valence-corrected chi connectivity index (χ4v) is 10.4. The summed E-state index contributed by atoms with van der Waals surface area (Å²) in [5, 5.41) is 12.1. The second kappa shape index (κ2) is 8.52. The van der Waals surface area contributed by atoms with E-state index in [9.17, 15) is 0 Å². The molecular formula is C29H51N3. The lowest BCUT2D eigenvalue weighted by molar-refractivity contribution is 0.00538. The molecule has 3 saturated carbocycles. The van der Waals surface area contributed by atoms with Crippen LogP contribution >= 0.6 is 0 Å². The summed E-state index contributed by atoms with van der Waals surface area (Å²) in [6, 6.07) is 2.97. The molecule has 3 nitrogen and oxygen atoms in total. The highest BCUT2D eigenvalue weighted by molar-refractivity contribution is 5.16. The van der Waals surface area contributed by atoms with E-state index in [-0.39, 0.29) is 0 Å². The number of piperidine rings is 3. The average molecular weight is 442 g/mol. The molecule has 3 spiro atoms. The molecule has 3 saturated heterocycles. The smallest absolute Gasteiger partial charge is 0.00980 e. The second-order valence-electron chi connectivity index (χ2n) is 13.8. The molecule has 0 aromatic rings. The van der Waals surface area contributed by atoms with Crippen LogP contribution in [0.15, 0.2) is 0 Å². The van der Waals surface area contributed by atoms with Crippen LogP contribution in [0.4, 0.5) is 0 Å². The fourth-order valence-electron chi connectivity index (χ4n) is 10.4. The van der Waals surface area contributed by atoms with Crippen molar-refractivity contribution in [3.05, 3.63) is 0 Å². The first kappa shape index (κ1) is 22.4. The monoisotopic (exact) mass is 441 g/mol. The maximum Gasteiger partial charge on any atom is 0.00980 e. The first-order valence-corrected chi connectivity index (χ1v) is 14.8. The van der Waals surface area contributed by atoms with Gasteiger partial charge in [0.2, 0.25) is 0 Å². The van der Waals surface area contributed by atoms with Crippen molar-refractivity contribution >= 4 is 0 Å². The molecule has 0 bridgehead atoms. The highest BCUT2D eigenvalue weighted by atomic mass is 15.0. The SMILES string of the molecule is CC1CC2(CCCC2)CC(CC2CC3(CCCCC3)C(C3CC34CCCNC4C)CN2)N1. The van der Waals surface area contributed by atoms with Crippen molar-refractivity contribution in [2.24, 2.45) is 28.1 Å². The molecule has 0 amide bonds. The predicted molar refractivity (Wildman–Crippen MR) is 134 cm³/mol. The molecule has 7 atom stereocenters. The van der Waals surface area contributed by atoms with Crippen molar-refractivity contribution in [2.45, 2.75) is 141 Å². The van der Waals surface area contributed by atoms with Crippen molar-refractivity contribution in [2.75, 3.05) is 13.1 Å². The third-order valence-corrected chi connectivity index (χ3v) is 11.9. The van der Waals surface area contributed by atoms with Crippen LogP contribution in [0.1, 0.15) is 117 Å². The van der Waals surface area contributed by atoms with Gasteiger partial charge in [0.1, 0.15) is 0 Å². The van der Waals surface area contributed by atoms with Crippen LogP contribution < -0.4 is 16.0 Å². The van der Waals surface area contributed by atoms with E-state index < -0.39 is 0 Å². The third kappa shape index (κ3) is 3.91. The zero-order valence-electron chi connectivity index (χ0n) is 21.2. The Labute approximate surface area is 198 Å². The van der Waals surface area contributed by atoms with E-state index in [1.807, 2.05) is 0 Å². The third-order valence-electron chi connectivity index (χ3n) is 11.9. The summed E-state index contributed by atoms with van der Waals surface area (Å²) in [6.07, 6.45) is 23.7. The molecule has 0 radical (unpaired) electrons. The summed E-state index contributed by atoms with van der Waals surface area (Å²) < 4.78 is 0. The maximum absolute atomic E-state index is 4.18. The van der Waals surface area contributed by atoms with Crippen LogP contribution in [-0.4, -0.2) is 37.3 Å². The molecule has 7 unspecified atom stereocenters. The molecule has 0 aromatic carbocycles. The Bertz CT molecular complexity index is 663. The minimum atomic E-state index is 0.650. The van der Waals surface area contributed by atoms with E-state index in [4.69, 9.17) is 0 Å². The van der Waals surface area contributed by atoms with Gasteiger partial charge in [-0.2, -0.15) is 0 Å². The van der Waals surface area contributed by atoms with Gasteiger partial charge >= 0.3 is 0 Å². The first-order valence-electron chi connectivity index (χ1n) is 14.8. The van der Waals surface area contributed by atoms with E-state index in [0.29, 0.717) is 16.2 Å². The molecule has 182 valence electrons. The molecule has 3 N–H and O–H groups in total. The lowest BCUT2D eigenvalue weighted by atomic mass is 9.58. The van der Waals surface area contributed by atoms with Crippen LogP contribution in [0.25, 0.3) is 0 Å². The number of hydrogen-bond acceptors (Lipinski definition) is 3. The van der Waals surface area contributed by atoms with Crippen molar-refractivity contribution in [3.63, 3.8) is 0 Å². The molecule has 3 heterocycles. The lowest BCUT2D eigenvalue weighted by Gasteiger charge is -2.52. The van der Waals surface area contributed by atoms with E-state index in [1.165, 1.54) is 116 Å². The van der Waals surface area contributed by atoms with Gasteiger partial charge < -0.3 is 16.0 Å². The molecule has 3 aliphatic carbocycles. The lowest BCUT2D eigenvalue weighted by Crippen LogP contribution is -2.56. The molecule has 6 rings (SSSR count). The van der Waals surface area contributed by atoms with Gasteiger partial charge in [0.25, 0.3) is 0 Å². The number of rotatable bonds is 3. The van der Waals surface area contributed by atoms with Gasteiger partial charge in [0.05, 0.1) is 0 Å². The Kier molecular flexibility index (Phi) is 5.95. The van der Waals surface area contributed by atoms with Crippen LogP contribution in [0, 0.1) is 28.1 Å². The summed E-state index contributed by atoms with van der Waals surface area (Å²) in [4.78, 5) is 0. The summed E-state index contributed by atoms with van der Waals surface area (Å²) in [5.41, 5.74) is 2.00. The second-order valence-corrected chi connectivity index (χ2v) is 13.8. The maximum atomic E-state index is 4.18. The molecule has 0 aromatic heterocycles. The molecule has 6 fully saturated rings. The van der Waals surface area contributed by atoms with Gasteiger partial charge in [0, 0.05) is 24.2 Å². The van der Waals surface area contributed by atoms with Crippen LogP contribution in [-0.2, 0) is 0 Å². The van der Waals surface area contributed by atoms with Gasteiger partial charge in [-0.1, -0.05) is 32.1 Å². The standard InChI is InChI=1S/C29H51N3/c1-21-16-27(9-6-7-10-27)17-24(32-21)15-23-18-28(11-4-3-5-12-28)26(20-31-23)25-19-29(25)13-8-14-30-22(29)2/h21-26,30-32H,3-20H2,1-2H3. The Morgan fingerprint density at radius 1 is 0.688 bits per heavy atom. The van der Waals surface area contributed by atoms with Gasteiger partial charge in [-0.15, -0.1) is 0 Å². The quantitative estimate of drug-likeness (QED) is 0.519.